The Morgan fingerprint density at radius 1 is 1.08 bits per heavy atom. The van der Waals surface area contributed by atoms with Gasteiger partial charge in [0, 0.05) is 5.56 Å². The van der Waals surface area contributed by atoms with E-state index in [-0.39, 0.29) is 10.5 Å². The molecule has 25 heavy (non-hydrogen) atoms. The molecule has 0 saturated carbocycles. The van der Waals surface area contributed by atoms with Crippen LogP contribution in [-0.2, 0) is 9.84 Å². The van der Waals surface area contributed by atoms with Crippen LogP contribution in [0.3, 0.4) is 0 Å². The minimum atomic E-state index is -4.08. The van der Waals surface area contributed by atoms with E-state index in [1.165, 1.54) is 31.4 Å². The molecule has 5 nitrogen and oxygen atoms in total. The number of carbonyl (C=O) groups is 1. The quantitative estimate of drug-likeness (QED) is 0.829. The largest absolute Gasteiger partial charge is 0.497 e. The van der Waals surface area contributed by atoms with Crippen molar-refractivity contribution < 1.29 is 17.9 Å². The summed E-state index contributed by atoms with van der Waals surface area (Å²) < 4.78 is 29.9. The molecular weight excluding hydrogens is 385 g/mol. The van der Waals surface area contributed by atoms with E-state index in [9.17, 15) is 13.2 Å². The van der Waals surface area contributed by atoms with Crippen LogP contribution in [0.4, 0.5) is 0 Å². The minimum Gasteiger partial charge on any atom is -0.497 e. The van der Waals surface area contributed by atoms with Crippen molar-refractivity contribution in [3.05, 3.63) is 69.2 Å². The third kappa shape index (κ3) is 4.54. The summed E-state index contributed by atoms with van der Waals surface area (Å²) >= 11 is 11.5. The molecule has 0 radical (unpaired) electrons. The lowest BCUT2D eigenvalue weighted by Crippen LogP contribution is -2.28. The van der Waals surface area contributed by atoms with Crippen LogP contribution in [0.25, 0.3) is 0 Å². The summed E-state index contributed by atoms with van der Waals surface area (Å²) in [4.78, 5) is 12.3. The second-order valence-corrected chi connectivity index (χ2v) is 7.93. The second-order valence-electron chi connectivity index (χ2n) is 5.09. The zero-order valence-corrected chi connectivity index (χ0v) is 15.7. The lowest BCUT2D eigenvalue weighted by molar-refractivity contribution is 0.0968. The SMILES string of the molecule is COc1cccc(C(=O)NC(=C(Cl)Cl)S(=O)(=O)c2ccc(C)cc2)c1. The topological polar surface area (TPSA) is 72.5 Å². The Balaban J connectivity index is 2.37. The highest BCUT2D eigenvalue weighted by atomic mass is 35.5. The van der Waals surface area contributed by atoms with E-state index in [1.807, 2.05) is 6.92 Å². The number of carbonyl (C=O) groups excluding carboxylic acids is 1. The average molecular weight is 400 g/mol. The summed E-state index contributed by atoms with van der Waals surface area (Å²) in [6, 6.07) is 12.3. The predicted octanol–water partition coefficient (Wildman–Crippen LogP) is 3.81. The number of methoxy groups -OCH3 is 1. The number of hydrogen-bond donors (Lipinski definition) is 1. The molecule has 0 atom stereocenters. The zero-order valence-electron chi connectivity index (χ0n) is 13.4. The molecule has 1 amide bonds. The highest BCUT2D eigenvalue weighted by Gasteiger charge is 2.26. The van der Waals surface area contributed by atoms with Crippen LogP contribution < -0.4 is 10.1 Å². The van der Waals surface area contributed by atoms with Crippen LogP contribution in [0, 0.1) is 6.92 Å². The maximum atomic E-state index is 12.7. The molecule has 0 aliphatic rings. The highest BCUT2D eigenvalue weighted by molar-refractivity contribution is 7.95. The van der Waals surface area contributed by atoms with Crippen LogP contribution in [-0.4, -0.2) is 21.4 Å². The Kier molecular flexibility index (Phi) is 6.11. The van der Waals surface area contributed by atoms with Gasteiger partial charge in [0.25, 0.3) is 5.91 Å². The fraction of sp³-hybridized carbons (Fsp3) is 0.118. The number of ether oxygens (including phenoxy) is 1. The molecule has 132 valence electrons. The maximum Gasteiger partial charge on any atom is 0.256 e. The summed E-state index contributed by atoms with van der Waals surface area (Å²) in [5.74, 6) is -0.222. The van der Waals surface area contributed by atoms with Crippen LogP contribution in [0.15, 0.2) is 62.9 Å². The Morgan fingerprint density at radius 2 is 1.72 bits per heavy atom. The van der Waals surface area contributed by atoms with E-state index in [0.717, 1.165) is 5.56 Å². The van der Waals surface area contributed by atoms with Gasteiger partial charge in [-0.3, -0.25) is 4.79 Å². The normalized spacial score (nSPS) is 10.9. The van der Waals surface area contributed by atoms with Gasteiger partial charge < -0.3 is 10.1 Å². The summed E-state index contributed by atoms with van der Waals surface area (Å²) in [5.41, 5.74) is 1.09. The fourth-order valence-electron chi connectivity index (χ4n) is 1.99. The van der Waals surface area contributed by atoms with Crippen LogP contribution in [0.5, 0.6) is 5.75 Å². The summed E-state index contributed by atoms with van der Waals surface area (Å²) in [7, 11) is -2.63. The van der Waals surface area contributed by atoms with Crippen molar-refractivity contribution in [2.75, 3.05) is 7.11 Å². The number of aryl methyl sites for hydroxylation is 1. The van der Waals surface area contributed by atoms with E-state index in [1.54, 1.807) is 24.3 Å². The molecule has 0 saturated heterocycles. The molecule has 0 bridgehead atoms. The van der Waals surface area contributed by atoms with Gasteiger partial charge in [0.1, 0.15) is 10.2 Å². The number of halogens is 2. The minimum absolute atomic E-state index is 0.0298. The van der Waals surface area contributed by atoms with Gasteiger partial charge >= 0.3 is 0 Å². The molecule has 2 rings (SSSR count). The van der Waals surface area contributed by atoms with Crippen molar-refractivity contribution in [2.24, 2.45) is 0 Å². The van der Waals surface area contributed by atoms with Crippen LogP contribution in [0.2, 0.25) is 0 Å². The Morgan fingerprint density at radius 3 is 2.28 bits per heavy atom. The van der Waals surface area contributed by atoms with Gasteiger partial charge in [0.05, 0.1) is 12.0 Å². The fourth-order valence-corrected chi connectivity index (χ4v) is 3.86. The first kappa shape index (κ1) is 19.3. The van der Waals surface area contributed by atoms with E-state index in [4.69, 9.17) is 27.9 Å². The second kappa shape index (κ2) is 7.91. The monoisotopic (exact) mass is 399 g/mol. The van der Waals surface area contributed by atoms with E-state index in [2.05, 4.69) is 5.32 Å². The number of benzene rings is 2. The van der Waals surface area contributed by atoms with E-state index >= 15 is 0 Å². The first-order valence-electron chi connectivity index (χ1n) is 7.08. The van der Waals surface area contributed by atoms with Gasteiger partial charge in [0.15, 0.2) is 5.03 Å². The summed E-state index contributed by atoms with van der Waals surface area (Å²) in [6.45, 7) is 1.83. The molecule has 0 aliphatic carbocycles. The highest BCUT2D eigenvalue weighted by Crippen LogP contribution is 2.25. The third-order valence-electron chi connectivity index (χ3n) is 3.33. The molecular formula is C17H15Cl2NO4S. The average Bonchev–Trinajstić information content (AvgIpc) is 2.59. The lowest BCUT2D eigenvalue weighted by atomic mass is 10.2. The number of nitrogens with one attached hydrogen (secondary N) is 1. The van der Waals surface area contributed by atoms with Gasteiger partial charge in [-0.1, -0.05) is 47.0 Å². The lowest BCUT2D eigenvalue weighted by Gasteiger charge is -2.12. The summed E-state index contributed by atoms with van der Waals surface area (Å²) in [6.07, 6.45) is 0. The van der Waals surface area contributed by atoms with Crippen molar-refractivity contribution in [3.63, 3.8) is 0 Å². The predicted molar refractivity (Wildman–Crippen MR) is 97.6 cm³/mol. The molecule has 0 fully saturated rings. The van der Waals surface area contributed by atoms with Crippen molar-refractivity contribution in [1.82, 2.24) is 5.32 Å². The maximum absolute atomic E-state index is 12.7. The molecule has 0 aliphatic heterocycles. The molecule has 0 spiro atoms. The van der Waals surface area contributed by atoms with E-state index in [0.29, 0.717) is 5.75 Å². The Bertz CT molecular complexity index is 918. The number of hydrogen-bond acceptors (Lipinski definition) is 4. The molecule has 0 heterocycles. The smallest absolute Gasteiger partial charge is 0.256 e. The standard InChI is InChI=1S/C17H15Cl2NO4S/c1-11-6-8-14(9-7-11)25(22,23)17(15(18)19)20-16(21)12-4-3-5-13(10-12)24-2/h3-10H,1-2H3,(H,20,21). The van der Waals surface area contributed by atoms with Crippen LogP contribution in [0.1, 0.15) is 15.9 Å². The number of sulfone groups is 1. The molecule has 2 aromatic carbocycles. The Labute approximate surface area is 156 Å². The summed E-state index contributed by atoms with van der Waals surface area (Å²) in [5, 5.41) is 1.69. The Hall–Kier alpha value is -2.02. The van der Waals surface area contributed by atoms with Gasteiger partial charge in [0.2, 0.25) is 9.84 Å². The van der Waals surface area contributed by atoms with Crippen LogP contribution >= 0.6 is 23.2 Å². The van der Waals surface area contributed by atoms with E-state index < -0.39 is 25.3 Å². The van der Waals surface area contributed by atoms with Crippen molar-refractivity contribution in [3.8, 4) is 5.75 Å². The van der Waals surface area contributed by atoms with Crippen molar-refractivity contribution >= 4 is 38.9 Å². The molecule has 2 aromatic rings. The van der Waals surface area contributed by atoms with Gasteiger partial charge in [-0.2, -0.15) is 0 Å². The van der Waals surface area contributed by atoms with Gasteiger partial charge in [-0.25, -0.2) is 8.42 Å². The first-order chi connectivity index (χ1) is 11.8. The molecule has 1 N–H and O–H groups in total. The molecule has 0 aromatic heterocycles. The third-order valence-corrected chi connectivity index (χ3v) is 5.67. The molecule has 8 heteroatoms. The number of rotatable bonds is 5. The van der Waals surface area contributed by atoms with Gasteiger partial charge in [-0.05, 0) is 37.3 Å². The van der Waals surface area contributed by atoms with Crippen molar-refractivity contribution in [2.45, 2.75) is 11.8 Å². The number of amides is 1. The first-order valence-corrected chi connectivity index (χ1v) is 9.32. The zero-order chi connectivity index (χ0) is 18.6. The van der Waals surface area contributed by atoms with Gasteiger partial charge in [-0.15, -0.1) is 0 Å². The molecule has 0 unspecified atom stereocenters. The van der Waals surface area contributed by atoms with Crippen molar-refractivity contribution in [1.29, 1.82) is 0 Å².